The van der Waals surface area contributed by atoms with Gasteiger partial charge in [-0.2, -0.15) is 0 Å². The Kier molecular flexibility index (Phi) is 3.03. The monoisotopic (exact) mass is 293 g/mol. The normalized spacial score (nSPS) is 25.8. The van der Waals surface area contributed by atoms with Crippen LogP contribution in [0.2, 0.25) is 5.15 Å². The number of halogens is 1. The van der Waals surface area contributed by atoms with E-state index in [0.717, 1.165) is 5.46 Å². The van der Waals surface area contributed by atoms with Gasteiger partial charge in [-0.25, -0.2) is 4.98 Å². The molecule has 2 fully saturated rings. The molecular formula is C15H21BClNO2. The van der Waals surface area contributed by atoms with Crippen LogP contribution in [-0.4, -0.2) is 23.3 Å². The highest BCUT2D eigenvalue weighted by Gasteiger charge is 2.52. The van der Waals surface area contributed by atoms with Crippen molar-refractivity contribution in [1.29, 1.82) is 0 Å². The summed E-state index contributed by atoms with van der Waals surface area (Å²) in [5.41, 5.74) is 1.61. The van der Waals surface area contributed by atoms with E-state index in [0.29, 0.717) is 5.15 Å². The van der Waals surface area contributed by atoms with E-state index in [2.05, 4.69) is 18.0 Å². The smallest absolute Gasteiger partial charge is 0.399 e. The fraction of sp³-hybridized carbons (Fsp3) is 0.667. The van der Waals surface area contributed by atoms with E-state index >= 15 is 0 Å². The first kappa shape index (κ1) is 14.4. The second-order valence-corrected chi connectivity index (χ2v) is 7.61. The van der Waals surface area contributed by atoms with Crippen molar-refractivity contribution < 1.29 is 9.31 Å². The van der Waals surface area contributed by atoms with Crippen LogP contribution >= 0.6 is 11.6 Å². The maximum absolute atomic E-state index is 6.26. The van der Waals surface area contributed by atoms with Gasteiger partial charge in [-0.05, 0) is 51.5 Å². The lowest BCUT2D eigenvalue weighted by Crippen LogP contribution is -2.41. The summed E-state index contributed by atoms with van der Waals surface area (Å²) in [5, 5.41) is 0.469. The third-order valence-corrected chi connectivity index (χ3v) is 5.39. The van der Waals surface area contributed by atoms with Crippen molar-refractivity contribution in [1.82, 2.24) is 4.98 Å². The van der Waals surface area contributed by atoms with Crippen molar-refractivity contribution in [3.63, 3.8) is 0 Å². The van der Waals surface area contributed by atoms with Crippen molar-refractivity contribution in [2.45, 2.75) is 64.1 Å². The highest BCUT2D eigenvalue weighted by Crippen LogP contribution is 2.47. The zero-order valence-electron chi connectivity index (χ0n) is 12.8. The van der Waals surface area contributed by atoms with Gasteiger partial charge in [0.2, 0.25) is 0 Å². The SMILES string of the molecule is CC1(c2cnc(Cl)c(B3OC(C)(C)C(C)(C)O3)c2)CC1. The molecule has 0 amide bonds. The zero-order valence-corrected chi connectivity index (χ0v) is 13.5. The molecule has 0 aromatic carbocycles. The average Bonchev–Trinajstić information content (AvgIpc) is 3.02. The molecule has 1 aliphatic heterocycles. The van der Waals surface area contributed by atoms with Crippen LogP contribution in [0.25, 0.3) is 0 Å². The topological polar surface area (TPSA) is 31.4 Å². The number of hydrogen-bond donors (Lipinski definition) is 0. The Hall–Kier alpha value is -0.575. The number of rotatable bonds is 2. The largest absolute Gasteiger partial charge is 0.498 e. The molecule has 1 aromatic heterocycles. The predicted octanol–water partition coefficient (Wildman–Crippen LogP) is 3.09. The van der Waals surface area contributed by atoms with Gasteiger partial charge in [0.25, 0.3) is 0 Å². The summed E-state index contributed by atoms with van der Waals surface area (Å²) in [4.78, 5) is 4.33. The third-order valence-electron chi connectivity index (χ3n) is 5.07. The standard InChI is InChI=1S/C15H21BClNO2/c1-13(2)14(3,4)20-16(19-13)11-8-10(9-18-12(11)17)15(5)6-7-15/h8-9H,6-7H2,1-5H3. The van der Waals surface area contributed by atoms with Gasteiger partial charge in [0.15, 0.2) is 0 Å². The van der Waals surface area contributed by atoms with Crippen LogP contribution < -0.4 is 5.46 Å². The Morgan fingerprint density at radius 3 is 2.15 bits per heavy atom. The summed E-state index contributed by atoms with van der Waals surface area (Å²) in [5.74, 6) is 0. The summed E-state index contributed by atoms with van der Waals surface area (Å²) < 4.78 is 12.1. The lowest BCUT2D eigenvalue weighted by molar-refractivity contribution is 0.00578. The van der Waals surface area contributed by atoms with Gasteiger partial charge in [-0.3, -0.25) is 0 Å². The fourth-order valence-electron chi connectivity index (χ4n) is 2.41. The Morgan fingerprint density at radius 1 is 1.10 bits per heavy atom. The van der Waals surface area contributed by atoms with Gasteiger partial charge >= 0.3 is 7.12 Å². The van der Waals surface area contributed by atoms with Crippen molar-refractivity contribution >= 4 is 24.2 Å². The Balaban J connectivity index is 1.95. The summed E-state index contributed by atoms with van der Waals surface area (Å²) in [6.07, 6.45) is 4.29. The molecule has 0 spiro atoms. The minimum atomic E-state index is -0.442. The highest BCUT2D eigenvalue weighted by atomic mass is 35.5. The van der Waals surface area contributed by atoms with Crippen LogP contribution in [0, 0.1) is 0 Å². The summed E-state index contributed by atoms with van der Waals surface area (Å²) in [6, 6.07) is 2.10. The van der Waals surface area contributed by atoms with Crippen molar-refractivity contribution in [2.75, 3.05) is 0 Å². The number of pyridine rings is 1. The van der Waals surface area contributed by atoms with Gasteiger partial charge in [0, 0.05) is 11.7 Å². The molecule has 2 aliphatic rings. The van der Waals surface area contributed by atoms with E-state index in [4.69, 9.17) is 20.9 Å². The molecule has 0 unspecified atom stereocenters. The maximum Gasteiger partial charge on any atom is 0.498 e. The van der Waals surface area contributed by atoms with Crippen molar-refractivity contribution in [3.05, 3.63) is 23.0 Å². The third kappa shape index (κ3) is 2.18. The van der Waals surface area contributed by atoms with Gasteiger partial charge in [-0.15, -0.1) is 0 Å². The molecule has 0 N–H and O–H groups in total. The molecule has 20 heavy (non-hydrogen) atoms. The Labute approximate surface area is 126 Å². The molecule has 1 saturated carbocycles. The van der Waals surface area contributed by atoms with Crippen LogP contribution in [0.15, 0.2) is 12.3 Å². The molecule has 0 bridgehead atoms. The van der Waals surface area contributed by atoms with E-state index in [1.807, 2.05) is 33.9 Å². The molecule has 3 nitrogen and oxygen atoms in total. The average molecular weight is 294 g/mol. The lowest BCUT2D eigenvalue weighted by atomic mass is 9.78. The van der Waals surface area contributed by atoms with Crippen LogP contribution in [0.1, 0.15) is 53.0 Å². The zero-order chi connectivity index (χ0) is 14.8. The lowest BCUT2D eigenvalue weighted by Gasteiger charge is -2.32. The first-order valence-electron chi connectivity index (χ1n) is 7.16. The molecule has 0 atom stereocenters. The molecule has 1 aromatic rings. The molecule has 0 radical (unpaired) electrons. The minimum absolute atomic E-state index is 0.260. The van der Waals surface area contributed by atoms with E-state index in [1.54, 1.807) is 0 Å². The minimum Gasteiger partial charge on any atom is -0.399 e. The molecule has 108 valence electrons. The first-order chi connectivity index (χ1) is 9.15. The summed E-state index contributed by atoms with van der Waals surface area (Å²) in [7, 11) is -0.442. The van der Waals surface area contributed by atoms with Gasteiger partial charge in [-0.1, -0.05) is 24.6 Å². The molecule has 2 heterocycles. The second-order valence-electron chi connectivity index (χ2n) is 7.25. The summed E-state index contributed by atoms with van der Waals surface area (Å²) in [6.45, 7) is 10.4. The van der Waals surface area contributed by atoms with Crippen LogP contribution in [0.5, 0.6) is 0 Å². The van der Waals surface area contributed by atoms with E-state index in [-0.39, 0.29) is 16.6 Å². The van der Waals surface area contributed by atoms with Crippen molar-refractivity contribution in [2.24, 2.45) is 0 Å². The van der Waals surface area contributed by atoms with E-state index < -0.39 is 7.12 Å². The second kappa shape index (κ2) is 4.22. The predicted molar refractivity (Wildman–Crippen MR) is 81.5 cm³/mol. The fourth-order valence-corrected chi connectivity index (χ4v) is 2.60. The van der Waals surface area contributed by atoms with Crippen LogP contribution in [0.4, 0.5) is 0 Å². The maximum atomic E-state index is 6.26. The number of nitrogens with zero attached hydrogens (tertiary/aromatic N) is 1. The Morgan fingerprint density at radius 2 is 1.65 bits per heavy atom. The van der Waals surface area contributed by atoms with Crippen LogP contribution in [-0.2, 0) is 14.7 Å². The first-order valence-corrected chi connectivity index (χ1v) is 7.54. The number of hydrogen-bond acceptors (Lipinski definition) is 3. The summed E-state index contributed by atoms with van der Waals surface area (Å²) >= 11 is 6.26. The van der Waals surface area contributed by atoms with Crippen molar-refractivity contribution in [3.8, 4) is 0 Å². The van der Waals surface area contributed by atoms with Crippen LogP contribution in [0.3, 0.4) is 0 Å². The van der Waals surface area contributed by atoms with Gasteiger partial charge < -0.3 is 9.31 Å². The Bertz CT molecular complexity index is 539. The molecule has 3 rings (SSSR count). The van der Waals surface area contributed by atoms with Gasteiger partial charge in [0.05, 0.1) is 11.2 Å². The highest BCUT2D eigenvalue weighted by molar-refractivity contribution is 6.65. The quantitative estimate of drug-likeness (QED) is 0.620. The van der Waals surface area contributed by atoms with Gasteiger partial charge in [0.1, 0.15) is 5.15 Å². The molecule has 1 aliphatic carbocycles. The molecule has 1 saturated heterocycles. The van der Waals surface area contributed by atoms with E-state index in [1.165, 1.54) is 18.4 Å². The number of aromatic nitrogens is 1. The van der Waals surface area contributed by atoms with E-state index in [9.17, 15) is 0 Å². The molecule has 5 heteroatoms. The molecular weight excluding hydrogens is 272 g/mol.